The minimum Gasteiger partial charge on any atom is -0.396 e. The van der Waals surface area contributed by atoms with Gasteiger partial charge in [0.25, 0.3) is 0 Å². The van der Waals surface area contributed by atoms with Crippen LogP contribution in [-0.2, 0) is 0 Å². The Morgan fingerprint density at radius 2 is 2.14 bits per heavy atom. The lowest BCUT2D eigenvalue weighted by molar-refractivity contribution is 0.127. The van der Waals surface area contributed by atoms with Crippen molar-refractivity contribution in [2.24, 2.45) is 5.41 Å². The van der Waals surface area contributed by atoms with Crippen molar-refractivity contribution in [2.45, 2.75) is 26.7 Å². The van der Waals surface area contributed by atoms with Crippen LogP contribution in [0.4, 0.5) is 16.2 Å². The molecule has 1 aliphatic heterocycles. The van der Waals surface area contributed by atoms with Gasteiger partial charge >= 0.3 is 6.03 Å². The van der Waals surface area contributed by atoms with Gasteiger partial charge in [0.15, 0.2) is 0 Å². The molecule has 1 aromatic carbocycles. The van der Waals surface area contributed by atoms with Crippen LogP contribution < -0.4 is 15.5 Å². The van der Waals surface area contributed by atoms with Crippen molar-refractivity contribution < 1.29 is 9.90 Å². The molecule has 1 aliphatic rings. The average Bonchev–Trinajstić information content (AvgIpc) is 2.96. The van der Waals surface area contributed by atoms with Gasteiger partial charge in [-0.05, 0) is 31.0 Å². The molecule has 2 rings (SSSR count). The van der Waals surface area contributed by atoms with Gasteiger partial charge in [0.1, 0.15) is 0 Å². The molecule has 0 atom stereocenters. The van der Waals surface area contributed by atoms with E-state index in [2.05, 4.69) is 24.5 Å². The highest BCUT2D eigenvalue weighted by Gasteiger charge is 2.25. The van der Waals surface area contributed by atoms with E-state index >= 15 is 0 Å². The predicted octanol–water partition coefficient (Wildman–Crippen LogP) is 2.43. The van der Waals surface area contributed by atoms with E-state index < -0.39 is 0 Å². The number of hydrogen-bond acceptors (Lipinski definition) is 3. The molecule has 116 valence electrons. The number of anilines is 2. The summed E-state index contributed by atoms with van der Waals surface area (Å²) in [5.41, 5.74) is 1.80. The zero-order chi connectivity index (χ0) is 15.3. The molecular formula is C16H25N3O2. The van der Waals surface area contributed by atoms with Crippen LogP contribution in [0.15, 0.2) is 24.3 Å². The fraction of sp³-hybridized carbons (Fsp3) is 0.562. The van der Waals surface area contributed by atoms with E-state index in [4.69, 9.17) is 0 Å². The number of nitrogens with zero attached hydrogens (tertiary/aromatic N) is 1. The van der Waals surface area contributed by atoms with Gasteiger partial charge in [-0.15, -0.1) is 0 Å². The van der Waals surface area contributed by atoms with Crippen molar-refractivity contribution in [2.75, 3.05) is 36.5 Å². The van der Waals surface area contributed by atoms with E-state index in [1.54, 1.807) is 4.90 Å². The van der Waals surface area contributed by atoms with E-state index in [9.17, 15) is 9.90 Å². The zero-order valence-electron chi connectivity index (χ0n) is 12.9. The molecule has 0 aliphatic carbocycles. The third-order valence-corrected chi connectivity index (χ3v) is 4.52. The first-order valence-corrected chi connectivity index (χ1v) is 7.64. The summed E-state index contributed by atoms with van der Waals surface area (Å²) in [5, 5.41) is 15.8. The molecule has 0 spiro atoms. The molecule has 1 fully saturated rings. The molecule has 0 unspecified atom stereocenters. The Morgan fingerprint density at radius 3 is 2.71 bits per heavy atom. The summed E-state index contributed by atoms with van der Waals surface area (Å²) in [6, 6.07) is 7.82. The number of aliphatic hydroxyl groups is 1. The predicted molar refractivity (Wildman–Crippen MR) is 85.8 cm³/mol. The minimum atomic E-state index is -0.0823. The van der Waals surface area contributed by atoms with E-state index in [-0.39, 0.29) is 18.1 Å². The van der Waals surface area contributed by atoms with Crippen LogP contribution >= 0.6 is 0 Å². The van der Waals surface area contributed by atoms with Crippen LogP contribution in [0.1, 0.15) is 26.7 Å². The lowest BCUT2D eigenvalue weighted by Crippen LogP contribution is -2.32. The molecule has 3 N–H and O–H groups in total. The summed E-state index contributed by atoms with van der Waals surface area (Å²) in [6.07, 6.45) is 1.86. The first-order chi connectivity index (χ1) is 10.1. The number of amides is 2. The normalized spacial score (nSPS) is 15.2. The second-order valence-corrected chi connectivity index (χ2v) is 5.65. The van der Waals surface area contributed by atoms with Gasteiger partial charge in [0.2, 0.25) is 0 Å². The Balaban J connectivity index is 2.06. The molecule has 0 saturated carbocycles. The van der Waals surface area contributed by atoms with Gasteiger partial charge in [-0.1, -0.05) is 19.9 Å². The lowest BCUT2D eigenvalue weighted by atomic mass is 9.83. The van der Waals surface area contributed by atoms with Gasteiger partial charge in [0.05, 0.1) is 6.61 Å². The van der Waals surface area contributed by atoms with E-state index in [1.165, 1.54) is 0 Å². The maximum absolute atomic E-state index is 11.7. The summed E-state index contributed by atoms with van der Waals surface area (Å²) in [6.45, 7) is 6.51. The van der Waals surface area contributed by atoms with Crippen molar-refractivity contribution in [1.82, 2.24) is 5.32 Å². The summed E-state index contributed by atoms with van der Waals surface area (Å²) >= 11 is 0. The summed E-state index contributed by atoms with van der Waals surface area (Å²) in [5.74, 6) is 0. The molecule has 0 bridgehead atoms. The highest BCUT2D eigenvalue weighted by atomic mass is 16.3. The molecule has 1 aromatic rings. The molecule has 21 heavy (non-hydrogen) atoms. The number of rotatable bonds is 7. The van der Waals surface area contributed by atoms with Crippen LogP contribution in [0.25, 0.3) is 0 Å². The highest BCUT2D eigenvalue weighted by Crippen LogP contribution is 2.27. The number of benzene rings is 1. The fourth-order valence-electron chi connectivity index (χ4n) is 2.57. The van der Waals surface area contributed by atoms with Gasteiger partial charge < -0.3 is 15.7 Å². The summed E-state index contributed by atoms with van der Waals surface area (Å²) < 4.78 is 0. The quantitative estimate of drug-likeness (QED) is 0.723. The maximum Gasteiger partial charge on any atom is 0.321 e. The number of aliphatic hydroxyl groups excluding tert-OH is 1. The van der Waals surface area contributed by atoms with Crippen molar-refractivity contribution in [3.05, 3.63) is 24.3 Å². The number of carbonyl (C=O) groups is 1. The Morgan fingerprint density at radius 1 is 1.38 bits per heavy atom. The Labute approximate surface area is 126 Å². The SMILES string of the molecule is CCC(CC)(CO)CNc1cccc(N2CCNC2=O)c1. The second-order valence-electron chi connectivity index (χ2n) is 5.65. The number of hydrogen-bond donors (Lipinski definition) is 3. The molecule has 0 radical (unpaired) electrons. The molecule has 1 heterocycles. The minimum absolute atomic E-state index is 0.0426. The van der Waals surface area contributed by atoms with Crippen LogP contribution in [0.2, 0.25) is 0 Å². The fourth-order valence-corrected chi connectivity index (χ4v) is 2.57. The number of carbonyl (C=O) groups excluding carboxylic acids is 1. The molecule has 5 heteroatoms. The molecule has 1 saturated heterocycles. The summed E-state index contributed by atoms with van der Waals surface area (Å²) in [4.78, 5) is 13.4. The molecular weight excluding hydrogens is 266 g/mol. The van der Waals surface area contributed by atoms with Gasteiger partial charge in [0, 0.05) is 36.4 Å². The average molecular weight is 291 g/mol. The van der Waals surface area contributed by atoms with E-state index in [0.717, 1.165) is 30.8 Å². The monoisotopic (exact) mass is 291 g/mol. The number of nitrogens with one attached hydrogen (secondary N) is 2. The van der Waals surface area contributed by atoms with Crippen molar-refractivity contribution in [3.63, 3.8) is 0 Å². The Hall–Kier alpha value is -1.75. The standard InChI is InChI=1S/C16H25N3O2/c1-3-16(4-2,12-20)11-18-13-6-5-7-14(10-13)19-9-8-17-15(19)21/h5-7,10,18,20H,3-4,8-9,11-12H2,1-2H3,(H,17,21). The Kier molecular flexibility index (Phi) is 5.07. The van der Waals surface area contributed by atoms with E-state index in [1.807, 2.05) is 24.3 Å². The van der Waals surface area contributed by atoms with Crippen molar-refractivity contribution in [3.8, 4) is 0 Å². The zero-order valence-corrected chi connectivity index (χ0v) is 12.9. The van der Waals surface area contributed by atoms with Crippen LogP contribution in [0, 0.1) is 5.41 Å². The van der Waals surface area contributed by atoms with E-state index in [0.29, 0.717) is 13.1 Å². The Bertz CT molecular complexity index is 478. The third kappa shape index (κ3) is 3.47. The van der Waals surface area contributed by atoms with Gasteiger partial charge in [-0.3, -0.25) is 4.90 Å². The van der Waals surface area contributed by atoms with Gasteiger partial charge in [-0.25, -0.2) is 4.79 Å². The highest BCUT2D eigenvalue weighted by molar-refractivity contribution is 5.94. The largest absolute Gasteiger partial charge is 0.396 e. The topological polar surface area (TPSA) is 64.6 Å². The first kappa shape index (κ1) is 15.6. The van der Waals surface area contributed by atoms with Crippen LogP contribution in [0.3, 0.4) is 0 Å². The van der Waals surface area contributed by atoms with Crippen molar-refractivity contribution >= 4 is 17.4 Å². The molecule has 5 nitrogen and oxygen atoms in total. The van der Waals surface area contributed by atoms with Crippen molar-refractivity contribution in [1.29, 1.82) is 0 Å². The maximum atomic E-state index is 11.7. The van der Waals surface area contributed by atoms with Crippen LogP contribution in [-0.4, -0.2) is 37.4 Å². The smallest absolute Gasteiger partial charge is 0.321 e. The lowest BCUT2D eigenvalue weighted by Gasteiger charge is -2.30. The second kappa shape index (κ2) is 6.80. The third-order valence-electron chi connectivity index (χ3n) is 4.52. The molecule has 0 aromatic heterocycles. The molecule has 2 amide bonds. The first-order valence-electron chi connectivity index (χ1n) is 7.64. The van der Waals surface area contributed by atoms with Gasteiger partial charge in [-0.2, -0.15) is 0 Å². The summed E-state index contributed by atoms with van der Waals surface area (Å²) in [7, 11) is 0. The number of urea groups is 1. The van der Waals surface area contributed by atoms with Crippen LogP contribution in [0.5, 0.6) is 0 Å².